The maximum Gasteiger partial charge on any atom is 0.490 e. The molecule has 2 rings (SSSR count). The zero-order chi connectivity index (χ0) is 19.9. The molecule has 11 heteroatoms. The normalized spacial score (nSPS) is 10.6. The van der Waals surface area contributed by atoms with Crippen LogP contribution in [-0.2, 0) is 17.6 Å². The number of nitrogens with two attached hydrogens (primary N) is 1. The largest absolute Gasteiger partial charge is 0.490 e. The van der Waals surface area contributed by atoms with Gasteiger partial charge in [0.05, 0.1) is 11.3 Å². The highest BCUT2D eigenvalue weighted by Gasteiger charge is 2.38. The molecule has 26 heavy (non-hydrogen) atoms. The van der Waals surface area contributed by atoms with E-state index in [9.17, 15) is 22.8 Å². The summed E-state index contributed by atoms with van der Waals surface area (Å²) in [6.45, 7) is 0. The predicted molar refractivity (Wildman–Crippen MR) is 83.8 cm³/mol. The Morgan fingerprint density at radius 2 is 1.65 bits per heavy atom. The fourth-order valence-corrected chi connectivity index (χ4v) is 1.74. The van der Waals surface area contributed by atoms with Crippen molar-refractivity contribution >= 4 is 17.9 Å². The number of hydrogen-bond acceptors (Lipinski definition) is 5. The van der Waals surface area contributed by atoms with Crippen molar-refractivity contribution in [3.05, 3.63) is 57.5 Å². The van der Waals surface area contributed by atoms with Gasteiger partial charge in [-0.3, -0.25) is 9.78 Å². The van der Waals surface area contributed by atoms with E-state index in [4.69, 9.17) is 20.7 Å². The first-order valence-electron chi connectivity index (χ1n) is 6.97. The van der Waals surface area contributed by atoms with E-state index in [1.54, 1.807) is 24.3 Å². The lowest BCUT2D eigenvalue weighted by atomic mass is 10.1. The number of anilines is 1. The molecular formula is C15H14F3N3O5. The minimum Gasteiger partial charge on any atom is -0.478 e. The SMILES string of the molecule is Nc1nc(CCc2ccc(C(=O)O)cc2)cc(=O)[nH]1.O=C(O)C(F)(F)F. The van der Waals surface area contributed by atoms with E-state index in [-0.39, 0.29) is 17.1 Å². The summed E-state index contributed by atoms with van der Waals surface area (Å²) >= 11 is 0. The molecule has 0 bridgehead atoms. The second-order valence-corrected chi connectivity index (χ2v) is 4.93. The summed E-state index contributed by atoms with van der Waals surface area (Å²) in [5, 5.41) is 15.9. The number of aromatic amines is 1. The maximum absolute atomic E-state index is 11.2. The van der Waals surface area contributed by atoms with Crippen LogP contribution in [0.3, 0.4) is 0 Å². The lowest BCUT2D eigenvalue weighted by Gasteiger charge is -2.03. The Morgan fingerprint density at radius 3 is 2.08 bits per heavy atom. The first kappa shape index (κ1) is 20.7. The Kier molecular flexibility index (Phi) is 6.88. The molecule has 5 N–H and O–H groups in total. The highest BCUT2D eigenvalue weighted by molar-refractivity contribution is 5.87. The molecule has 0 spiro atoms. The van der Waals surface area contributed by atoms with E-state index in [1.165, 1.54) is 6.07 Å². The number of halogens is 3. The van der Waals surface area contributed by atoms with E-state index in [0.29, 0.717) is 18.5 Å². The van der Waals surface area contributed by atoms with Crippen LogP contribution in [-0.4, -0.2) is 38.3 Å². The number of H-pyrrole nitrogens is 1. The minimum absolute atomic E-state index is 0.101. The zero-order valence-corrected chi connectivity index (χ0v) is 13.1. The van der Waals surface area contributed by atoms with Crippen molar-refractivity contribution in [3.8, 4) is 0 Å². The fraction of sp³-hybridized carbons (Fsp3) is 0.200. The number of aliphatic carboxylic acids is 1. The summed E-state index contributed by atoms with van der Waals surface area (Å²) < 4.78 is 31.7. The van der Waals surface area contributed by atoms with Crippen molar-refractivity contribution in [1.29, 1.82) is 0 Å². The van der Waals surface area contributed by atoms with Crippen molar-refractivity contribution < 1.29 is 33.0 Å². The number of aromatic carboxylic acids is 1. The molecule has 140 valence electrons. The van der Waals surface area contributed by atoms with Gasteiger partial charge in [0.2, 0.25) is 5.95 Å². The Labute approximate surface area is 144 Å². The molecule has 2 aromatic rings. The number of rotatable bonds is 4. The number of carboxylic acid groups (broad SMARTS) is 2. The van der Waals surface area contributed by atoms with Crippen LogP contribution >= 0.6 is 0 Å². The van der Waals surface area contributed by atoms with Gasteiger partial charge in [-0.2, -0.15) is 13.2 Å². The number of carboxylic acids is 2. The van der Waals surface area contributed by atoms with Crippen LogP contribution in [0.15, 0.2) is 35.1 Å². The number of carbonyl (C=O) groups is 2. The van der Waals surface area contributed by atoms with Crippen LogP contribution in [0.2, 0.25) is 0 Å². The zero-order valence-electron chi connectivity index (χ0n) is 13.1. The van der Waals surface area contributed by atoms with Crippen LogP contribution < -0.4 is 11.3 Å². The highest BCUT2D eigenvalue weighted by Crippen LogP contribution is 2.13. The van der Waals surface area contributed by atoms with Crippen LogP contribution in [0.4, 0.5) is 19.1 Å². The molecule has 8 nitrogen and oxygen atoms in total. The summed E-state index contributed by atoms with van der Waals surface area (Å²) in [5.74, 6) is -3.60. The molecule has 0 saturated carbocycles. The topological polar surface area (TPSA) is 146 Å². The standard InChI is InChI=1S/C13H13N3O3.C2HF3O2/c14-13-15-10(7-11(17)16-13)6-3-8-1-4-9(5-2-8)12(18)19;3-2(4,5)1(6)7/h1-2,4-5,7H,3,6H2,(H,18,19)(H3,14,15,16,17);(H,6,7). The third-order valence-electron chi connectivity index (χ3n) is 2.93. The Hall–Kier alpha value is -3.37. The molecule has 0 fully saturated rings. The molecule has 0 aliphatic heterocycles. The van der Waals surface area contributed by atoms with E-state index in [1.807, 2.05) is 0 Å². The lowest BCUT2D eigenvalue weighted by Crippen LogP contribution is -2.21. The van der Waals surface area contributed by atoms with Crippen molar-refractivity contribution in [1.82, 2.24) is 9.97 Å². The molecular weight excluding hydrogens is 359 g/mol. The van der Waals surface area contributed by atoms with Crippen molar-refractivity contribution in [2.75, 3.05) is 5.73 Å². The van der Waals surface area contributed by atoms with Crippen LogP contribution in [0.25, 0.3) is 0 Å². The first-order valence-corrected chi connectivity index (χ1v) is 6.97. The minimum atomic E-state index is -5.08. The summed E-state index contributed by atoms with van der Waals surface area (Å²) in [7, 11) is 0. The van der Waals surface area contributed by atoms with Crippen molar-refractivity contribution in [2.45, 2.75) is 19.0 Å². The smallest absolute Gasteiger partial charge is 0.478 e. The van der Waals surface area contributed by atoms with Gasteiger partial charge >= 0.3 is 18.1 Å². The van der Waals surface area contributed by atoms with Crippen LogP contribution in [0.1, 0.15) is 21.6 Å². The molecule has 0 amide bonds. The van der Waals surface area contributed by atoms with Gasteiger partial charge in [-0.05, 0) is 30.5 Å². The Bertz CT molecular complexity index is 832. The second-order valence-electron chi connectivity index (χ2n) is 4.93. The number of aryl methyl sites for hydroxylation is 2. The summed E-state index contributed by atoms with van der Waals surface area (Å²) in [6, 6.07) is 8.01. The van der Waals surface area contributed by atoms with Crippen LogP contribution in [0, 0.1) is 0 Å². The molecule has 0 radical (unpaired) electrons. The Balaban J connectivity index is 0.000000412. The molecule has 0 atom stereocenters. The predicted octanol–water partition coefficient (Wildman–Crippen LogP) is 1.47. The molecule has 0 aliphatic rings. The van der Waals surface area contributed by atoms with Gasteiger partial charge in [-0.25, -0.2) is 14.6 Å². The average molecular weight is 373 g/mol. The van der Waals surface area contributed by atoms with E-state index in [2.05, 4.69) is 9.97 Å². The van der Waals surface area contributed by atoms with Gasteiger partial charge in [-0.1, -0.05) is 12.1 Å². The van der Waals surface area contributed by atoms with Gasteiger partial charge < -0.3 is 15.9 Å². The number of aromatic nitrogens is 2. The number of alkyl halides is 3. The third-order valence-corrected chi connectivity index (χ3v) is 2.93. The quantitative estimate of drug-likeness (QED) is 0.634. The monoisotopic (exact) mass is 373 g/mol. The number of nitrogen functional groups attached to an aromatic ring is 1. The number of nitrogens with zero attached hydrogens (tertiary/aromatic N) is 1. The molecule has 1 aromatic carbocycles. The van der Waals surface area contributed by atoms with Crippen LogP contribution in [0.5, 0.6) is 0 Å². The number of nitrogens with one attached hydrogen (secondary N) is 1. The highest BCUT2D eigenvalue weighted by atomic mass is 19.4. The molecule has 0 unspecified atom stereocenters. The number of benzene rings is 1. The summed E-state index contributed by atoms with van der Waals surface area (Å²) in [4.78, 5) is 37.2. The summed E-state index contributed by atoms with van der Waals surface area (Å²) in [5.41, 5.74) is 7.02. The second kappa shape index (κ2) is 8.65. The first-order chi connectivity index (χ1) is 12.0. The van der Waals surface area contributed by atoms with Crippen molar-refractivity contribution in [3.63, 3.8) is 0 Å². The fourth-order valence-electron chi connectivity index (χ4n) is 1.74. The summed E-state index contributed by atoms with van der Waals surface area (Å²) in [6.07, 6.45) is -3.85. The molecule has 0 saturated heterocycles. The van der Waals surface area contributed by atoms with Gasteiger partial charge in [0.15, 0.2) is 0 Å². The van der Waals surface area contributed by atoms with Gasteiger partial charge in [0.25, 0.3) is 5.56 Å². The van der Waals surface area contributed by atoms with Gasteiger partial charge in [0.1, 0.15) is 0 Å². The van der Waals surface area contributed by atoms with Gasteiger partial charge in [-0.15, -0.1) is 0 Å². The molecule has 1 heterocycles. The lowest BCUT2D eigenvalue weighted by molar-refractivity contribution is -0.192. The van der Waals surface area contributed by atoms with E-state index >= 15 is 0 Å². The maximum atomic E-state index is 11.2. The van der Waals surface area contributed by atoms with E-state index < -0.39 is 18.1 Å². The van der Waals surface area contributed by atoms with E-state index in [0.717, 1.165) is 5.56 Å². The molecule has 0 aliphatic carbocycles. The van der Waals surface area contributed by atoms with Gasteiger partial charge in [0, 0.05) is 6.07 Å². The average Bonchev–Trinajstić information content (AvgIpc) is 2.52. The molecule has 1 aromatic heterocycles. The Morgan fingerprint density at radius 1 is 1.12 bits per heavy atom. The number of hydrogen-bond donors (Lipinski definition) is 4. The van der Waals surface area contributed by atoms with Crippen molar-refractivity contribution in [2.24, 2.45) is 0 Å². The third kappa shape index (κ3) is 7.03.